The summed E-state index contributed by atoms with van der Waals surface area (Å²) in [5.41, 5.74) is 4.70. The standard InChI is InChI=1S/C20H22N4O/c25-20(14-16-11-10-15-6-1-2-7-17(15)16)21-12-5-13-24-19-9-4-3-8-18(19)22-23-24/h1-4,6-9,16H,5,10-14H2,(H,21,25)/t16-/m1/s1. The molecule has 0 saturated heterocycles. The van der Waals surface area contributed by atoms with E-state index in [1.54, 1.807) is 0 Å². The number of benzene rings is 2. The molecule has 0 unspecified atom stereocenters. The Morgan fingerprint density at radius 3 is 2.96 bits per heavy atom. The molecule has 5 nitrogen and oxygen atoms in total. The first-order valence-corrected chi connectivity index (χ1v) is 8.94. The van der Waals surface area contributed by atoms with Crippen LogP contribution in [0.25, 0.3) is 11.0 Å². The summed E-state index contributed by atoms with van der Waals surface area (Å²) in [5, 5.41) is 11.4. The van der Waals surface area contributed by atoms with Crippen LogP contribution in [-0.4, -0.2) is 27.4 Å². The van der Waals surface area contributed by atoms with Gasteiger partial charge in [0, 0.05) is 19.5 Å². The number of carbonyl (C=O) groups excluding carboxylic acids is 1. The third-order valence-corrected chi connectivity index (χ3v) is 4.98. The molecule has 1 heterocycles. The molecule has 2 aromatic carbocycles. The van der Waals surface area contributed by atoms with Crippen LogP contribution in [0.1, 0.15) is 36.3 Å². The second-order valence-corrected chi connectivity index (χ2v) is 6.64. The van der Waals surface area contributed by atoms with Crippen LogP contribution in [0.4, 0.5) is 0 Å². The topological polar surface area (TPSA) is 59.8 Å². The molecule has 0 bridgehead atoms. The molecule has 4 rings (SSSR count). The molecule has 0 spiro atoms. The molecule has 1 atom stereocenters. The van der Waals surface area contributed by atoms with E-state index in [1.165, 1.54) is 11.1 Å². The van der Waals surface area contributed by atoms with Gasteiger partial charge in [-0.25, -0.2) is 4.68 Å². The Kier molecular flexibility index (Phi) is 4.46. The fourth-order valence-corrected chi connectivity index (χ4v) is 3.69. The Morgan fingerprint density at radius 2 is 2.00 bits per heavy atom. The van der Waals surface area contributed by atoms with Gasteiger partial charge < -0.3 is 5.32 Å². The fourth-order valence-electron chi connectivity index (χ4n) is 3.69. The van der Waals surface area contributed by atoms with Crippen molar-refractivity contribution in [3.05, 3.63) is 59.7 Å². The number of aromatic nitrogens is 3. The second kappa shape index (κ2) is 7.05. The lowest BCUT2D eigenvalue weighted by Gasteiger charge is -2.12. The van der Waals surface area contributed by atoms with Crippen molar-refractivity contribution in [1.82, 2.24) is 20.3 Å². The summed E-state index contributed by atoms with van der Waals surface area (Å²) in [4.78, 5) is 12.2. The fraction of sp³-hybridized carbons (Fsp3) is 0.350. The van der Waals surface area contributed by atoms with E-state index in [0.717, 1.165) is 36.8 Å². The highest BCUT2D eigenvalue weighted by atomic mass is 16.1. The van der Waals surface area contributed by atoms with E-state index in [1.807, 2.05) is 28.9 Å². The summed E-state index contributed by atoms with van der Waals surface area (Å²) >= 11 is 0. The molecule has 0 aliphatic heterocycles. The van der Waals surface area contributed by atoms with Crippen molar-refractivity contribution in [1.29, 1.82) is 0 Å². The van der Waals surface area contributed by atoms with Crippen LogP contribution in [0, 0.1) is 0 Å². The molecule has 0 radical (unpaired) electrons. The normalized spacial score (nSPS) is 16.1. The Labute approximate surface area is 147 Å². The van der Waals surface area contributed by atoms with E-state index in [0.29, 0.717) is 18.9 Å². The number of fused-ring (bicyclic) bond motifs is 2. The molecule has 25 heavy (non-hydrogen) atoms. The Morgan fingerprint density at radius 1 is 1.16 bits per heavy atom. The van der Waals surface area contributed by atoms with Gasteiger partial charge in [0.05, 0.1) is 5.52 Å². The molecule has 5 heteroatoms. The van der Waals surface area contributed by atoms with Crippen molar-refractivity contribution in [3.63, 3.8) is 0 Å². The van der Waals surface area contributed by atoms with Gasteiger partial charge in [0.1, 0.15) is 5.52 Å². The van der Waals surface area contributed by atoms with Crippen molar-refractivity contribution in [2.24, 2.45) is 0 Å². The molecule has 1 N–H and O–H groups in total. The minimum Gasteiger partial charge on any atom is -0.356 e. The van der Waals surface area contributed by atoms with E-state index in [2.05, 4.69) is 39.9 Å². The van der Waals surface area contributed by atoms with Gasteiger partial charge in [0.25, 0.3) is 0 Å². The van der Waals surface area contributed by atoms with Crippen molar-refractivity contribution in [2.75, 3.05) is 6.54 Å². The molecule has 1 amide bonds. The minimum atomic E-state index is 0.144. The first-order valence-electron chi connectivity index (χ1n) is 8.94. The van der Waals surface area contributed by atoms with Crippen LogP contribution in [0.5, 0.6) is 0 Å². The molecule has 128 valence electrons. The van der Waals surface area contributed by atoms with Gasteiger partial charge in [0.15, 0.2) is 0 Å². The molecule has 0 saturated carbocycles. The Balaban J connectivity index is 1.25. The van der Waals surface area contributed by atoms with Crippen LogP contribution in [0.15, 0.2) is 48.5 Å². The van der Waals surface area contributed by atoms with Crippen LogP contribution in [-0.2, 0) is 17.8 Å². The van der Waals surface area contributed by atoms with Gasteiger partial charge >= 0.3 is 0 Å². The van der Waals surface area contributed by atoms with E-state index in [4.69, 9.17) is 0 Å². The summed E-state index contributed by atoms with van der Waals surface area (Å²) in [6.07, 6.45) is 3.61. The Bertz CT molecular complexity index is 886. The molecule has 1 aromatic heterocycles. The average molecular weight is 334 g/mol. The van der Waals surface area contributed by atoms with Crippen LogP contribution >= 0.6 is 0 Å². The maximum Gasteiger partial charge on any atom is 0.220 e. The zero-order valence-corrected chi connectivity index (χ0v) is 14.2. The predicted octanol–water partition coefficient (Wildman–Crippen LogP) is 3.06. The minimum absolute atomic E-state index is 0.144. The number of hydrogen-bond donors (Lipinski definition) is 1. The van der Waals surface area contributed by atoms with Crippen molar-refractivity contribution in [3.8, 4) is 0 Å². The second-order valence-electron chi connectivity index (χ2n) is 6.64. The van der Waals surface area contributed by atoms with Gasteiger partial charge in [-0.05, 0) is 48.4 Å². The SMILES string of the molecule is O=C(C[C@H]1CCc2ccccc21)NCCCn1nnc2ccccc21. The molecule has 3 aromatic rings. The summed E-state index contributed by atoms with van der Waals surface area (Å²) in [6, 6.07) is 16.4. The van der Waals surface area contributed by atoms with Gasteiger partial charge in [-0.2, -0.15) is 0 Å². The maximum absolute atomic E-state index is 12.2. The highest BCUT2D eigenvalue weighted by molar-refractivity contribution is 5.77. The largest absolute Gasteiger partial charge is 0.356 e. The number of para-hydroxylation sites is 1. The molecule has 1 aliphatic carbocycles. The highest BCUT2D eigenvalue weighted by Gasteiger charge is 2.23. The number of nitrogens with one attached hydrogen (secondary N) is 1. The van der Waals surface area contributed by atoms with Gasteiger partial charge in [-0.3, -0.25) is 4.79 Å². The number of amides is 1. The maximum atomic E-state index is 12.2. The number of aryl methyl sites for hydroxylation is 2. The predicted molar refractivity (Wildman–Crippen MR) is 97.3 cm³/mol. The van der Waals surface area contributed by atoms with Gasteiger partial charge in [-0.1, -0.05) is 41.6 Å². The van der Waals surface area contributed by atoms with E-state index in [9.17, 15) is 4.79 Å². The first-order chi connectivity index (χ1) is 12.3. The molecule has 0 fully saturated rings. The van der Waals surface area contributed by atoms with Crippen LogP contribution < -0.4 is 5.32 Å². The summed E-state index contributed by atoms with van der Waals surface area (Å²) in [7, 11) is 0. The summed E-state index contributed by atoms with van der Waals surface area (Å²) in [5.74, 6) is 0.514. The average Bonchev–Trinajstić information content (AvgIpc) is 3.24. The lowest BCUT2D eigenvalue weighted by molar-refractivity contribution is -0.121. The van der Waals surface area contributed by atoms with Crippen molar-refractivity contribution >= 4 is 16.9 Å². The molecular weight excluding hydrogens is 312 g/mol. The third kappa shape index (κ3) is 3.40. The number of rotatable bonds is 6. The lowest BCUT2D eigenvalue weighted by atomic mass is 9.97. The first kappa shape index (κ1) is 15.8. The smallest absolute Gasteiger partial charge is 0.220 e. The number of carbonyl (C=O) groups is 1. The van der Waals surface area contributed by atoms with Crippen LogP contribution in [0.2, 0.25) is 0 Å². The van der Waals surface area contributed by atoms with E-state index in [-0.39, 0.29) is 5.91 Å². The quantitative estimate of drug-likeness (QED) is 0.705. The lowest BCUT2D eigenvalue weighted by Crippen LogP contribution is -2.26. The zero-order valence-electron chi connectivity index (χ0n) is 14.2. The molecule has 1 aliphatic rings. The third-order valence-electron chi connectivity index (χ3n) is 4.98. The number of hydrogen-bond acceptors (Lipinski definition) is 3. The van der Waals surface area contributed by atoms with Crippen molar-refractivity contribution in [2.45, 2.75) is 38.1 Å². The Hall–Kier alpha value is -2.69. The number of nitrogens with zero attached hydrogens (tertiary/aromatic N) is 3. The summed E-state index contributed by atoms with van der Waals surface area (Å²) < 4.78 is 1.90. The van der Waals surface area contributed by atoms with Crippen LogP contribution in [0.3, 0.4) is 0 Å². The van der Waals surface area contributed by atoms with Gasteiger partial charge in [-0.15, -0.1) is 5.10 Å². The monoisotopic (exact) mass is 334 g/mol. The van der Waals surface area contributed by atoms with Gasteiger partial charge in [0.2, 0.25) is 5.91 Å². The summed E-state index contributed by atoms with van der Waals surface area (Å²) in [6.45, 7) is 1.43. The molecular formula is C20H22N4O. The zero-order chi connectivity index (χ0) is 17.1. The van der Waals surface area contributed by atoms with Crippen molar-refractivity contribution < 1.29 is 4.79 Å². The highest BCUT2D eigenvalue weighted by Crippen LogP contribution is 2.34. The van der Waals surface area contributed by atoms with E-state index >= 15 is 0 Å². The van der Waals surface area contributed by atoms with E-state index < -0.39 is 0 Å².